The minimum absolute atomic E-state index is 0.0350. The molecule has 0 saturated carbocycles. The second-order valence-electron chi connectivity index (χ2n) is 4.70. The number of hydrogen-bond donors (Lipinski definition) is 1. The molecular weight excluding hydrogens is 320 g/mol. The smallest absolute Gasteiger partial charge is 0.101 e. The fraction of sp³-hybridized carbons (Fsp3) is 0.267. The lowest BCUT2D eigenvalue weighted by Crippen LogP contribution is -2.05. The van der Waals surface area contributed by atoms with Gasteiger partial charge in [-0.2, -0.15) is 0 Å². The zero-order valence-corrected chi connectivity index (χ0v) is 13.7. The molecule has 0 aliphatic carbocycles. The van der Waals surface area contributed by atoms with Crippen molar-refractivity contribution in [1.82, 2.24) is 4.98 Å². The minimum Gasteiger partial charge on any atom is -0.324 e. The van der Waals surface area contributed by atoms with Crippen LogP contribution in [0, 0.1) is 13.8 Å². The van der Waals surface area contributed by atoms with Gasteiger partial charge in [-0.15, -0.1) is 0 Å². The van der Waals surface area contributed by atoms with E-state index in [0.717, 1.165) is 25.7 Å². The Balaban J connectivity index is 2.26. The second kappa shape index (κ2) is 6.07. The summed E-state index contributed by atoms with van der Waals surface area (Å²) in [5.74, 6) is 0. The van der Waals surface area contributed by atoms with Crippen molar-refractivity contribution in [1.29, 1.82) is 0 Å². The lowest BCUT2D eigenvalue weighted by molar-refractivity contribution is 0.811. The maximum Gasteiger partial charge on any atom is 0.101 e. The number of nitrogens with two attached hydrogens (primary N) is 1. The van der Waals surface area contributed by atoms with Crippen LogP contribution in [0.3, 0.4) is 0 Å². The molecule has 1 atom stereocenters. The molecule has 2 N–H and O–H groups in total. The Kier molecular flexibility index (Phi) is 4.66. The highest BCUT2D eigenvalue weighted by Crippen LogP contribution is 2.32. The van der Waals surface area contributed by atoms with Gasteiger partial charge in [-0.25, -0.2) is 4.98 Å². The van der Waals surface area contributed by atoms with Gasteiger partial charge in [-0.05, 0) is 56.2 Å². The monoisotopic (exact) mass is 336 g/mol. The van der Waals surface area contributed by atoms with E-state index in [0.29, 0.717) is 0 Å². The van der Waals surface area contributed by atoms with Gasteiger partial charge in [0.2, 0.25) is 0 Å². The van der Waals surface area contributed by atoms with Crippen LogP contribution < -0.4 is 5.73 Å². The van der Waals surface area contributed by atoms with Gasteiger partial charge in [0.05, 0.1) is 0 Å². The molecule has 2 rings (SSSR count). The molecule has 1 aromatic heterocycles. The van der Waals surface area contributed by atoms with E-state index < -0.39 is 0 Å². The SMILES string of the molecule is Cc1cc(C)nc(Sc2ccc([C@@H](C)N)c(Br)c2)c1. The molecule has 1 heterocycles. The molecule has 19 heavy (non-hydrogen) atoms. The highest BCUT2D eigenvalue weighted by atomic mass is 79.9. The zero-order chi connectivity index (χ0) is 14.0. The van der Waals surface area contributed by atoms with E-state index in [4.69, 9.17) is 5.73 Å². The molecule has 0 spiro atoms. The molecule has 2 aromatic rings. The zero-order valence-electron chi connectivity index (χ0n) is 11.3. The molecule has 4 heteroatoms. The van der Waals surface area contributed by atoms with Crippen molar-refractivity contribution in [3.05, 3.63) is 51.6 Å². The summed E-state index contributed by atoms with van der Waals surface area (Å²) >= 11 is 5.24. The number of benzene rings is 1. The third kappa shape index (κ3) is 3.81. The van der Waals surface area contributed by atoms with Crippen molar-refractivity contribution in [2.24, 2.45) is 5.73 Å². The third-order valence-corrected chi connectivity index (χ3v) is 4.35. The first-order valence-corrected chi connectivity index (χ1v) is 7.75. The summed E-state index contributed by atoms with van der Waals surface area (Å²) in [6.45, 7) is 6.10. The Morgan fingerprint density at radius 2 is 1.95 bits per heavy atom. The lowest BCUT2D eigenvalue weighted by atomic mass is 10.1. The number of hydrogen-bond acceptors (Lipinski definition) is 3. The van der Waals surface area contributed by atoms with Crippen molar-refractivity contribution in [2.75, 3.05) is 0 Å². The standard InChI is InChI=1S/C15H17BrN2S/c1-9-6-10(2)18-15(7-9)19-12-4-5-13(11(3)17)14(16)8-12/h4-8,11H,17H2,1-3H3/t11-/m1/s1. The van der Waals surface area contributed by atoms with Crippen LogP contribution in [-0.2, 0) is 0 Å². The Bertz CT molecular complexity index is 576. The van der Waals surface area contributed by atoms with Crippen LogP contribution in [0.4, 0.5) is 0 Å². The number of nitrogens with zero attached hydrogens (tertiary/aromatic N) is 1. The molecule has 2 nitrogen and oxygen atoms in total. The number of aromatic nitrogens is 1. The van der Waals surface area contributed by atoms with Crippen molar-refractivity contribution in [2.45, 2.75) is 36.7 Å². The second-order valence-corrected chi connectivity index (χ2v) is 6.65. The van der Waals surface area contributed by atoms with Crippen molar-refractivity contribution in [3.8, 4) is 0 Å². The van der Waals surface area contributed by atoms with Gasteiger partial charge in [0.1, 0.15) is 5.03 Å². The quantitative estimate of drug-likeness (QED) is 0.887. The average molecular weight is 337 g/mol. The summed E-state index contributed by atoms with van der Waals surface area (Å²) in [7, 11) is 0. The molecule has 0 radical (unpaired) electrons. The first-order chi connectivity index (χ1) is 8.95. The first-order valence-electron chi connectivity index (χ1n) is 6.14. The molecule has 0 aliphatic rings. The van der Waals surface area contributed by atoms with E-state index in [1.165, 1.54) is 5.56 Å². The van der Waals surface area contributed by atoms with E-state index >= 15 is 0 Å². The largest absolute Gasteiger partial charge is 0.324 e. The normalized spacial score (nSPS) is 12.5. The predicted molar refractivity (Wildman–Crippen MR) is 84.6 cm³/mol. The van der Waals surface area contributed by atoms with E-state index in [1.54, 1.807) is 11.8 Å². The lowest BCUT2D eigenvalue weighted by Gasteiger charge is -2.10. The van der Waals surface area contributed by atoms with Gasteiger partial charge >= 0.3 is 0 Å². The van der Waals surface area contributed by atoms with E-state index in [2.05, 4.69) is 58.2 Å². The van der Waals surface area contributed by atoms with E-state index in [9.17, 15) is 0 Å². The Hall–Kier alpha value is -0.840. The van der Waals surface area contributed by atoms with Gasteiger partial charge < -0.3 is 5.73 Å². The summed E-state index contributed by atoms with van der Waals surface area (Å²) in [5, 5.41) is 1.03. The van der Waals surface area contributed by atoms with Crippen LogP contribution in [0.2, 0.25) is 0 Å². The van der Waals surface area contributed by atoms with Crippen LogP contribution in [0.1, 0.15) is 29.8 Å². The summed E-state index contributed by atoms with van der Waals surface area (Å²) in [5.41, 5.74) is 9.32. The molecule has 0 unspecified atom stereocenters. The molecule has 100 valence electrons. The van der Waals surface area contributed by atoms with E-state index in [-0.39, 0.29) is 6.04 Å². The van der Waals surface area contributed by atoms with Gasteiger partial charge in [-0.3, -0.25) is 0 Å². The predicted octanol–water partition coefficient (Wildman–Crippen LogP) is 4.63. The number of rotatable bonds is 3. The van der Waals surface area contributed by atoms with Gasteiger partial charge in [0.15, 0.2) is 0 Å². The first kappa shape index (κ1) is 14.6. The van der Waals surface area contributed by atoms with E-state index in [1.807, 2.05) is 13.8 Å². The average Bonchev–Trinajstić information content (AvgIpc) is 2.26. The van der Waals surface area contributed by atoms with Gasteiger partial charge in [-0.1, -0.05) is 33.8 Å². The molecule has 0 fully saturated rings. The number of halogens is 1. The molecule has 0 saturated heterocycles. The van der Waals surface area contributed by atoms with Crippen molar-refractivity contribution in [3.63, 3.8) is 0 Å². The molecule has 0 amide bonds. The summed E-state index contributed by atoms with van der Waals surface area (Å²) < 4.78 is 1.05. The van der Waals surface area contributed by atoms with Crippen LogP contribution in [0.15, 0.2) is 44.7 Å². The third-order valence-electron chi connectivity index (χ3n) is 2.76. The highest BCUT2D eigenvalue weighted by Gasteiger charge is 2.07. The van der Waals surface area contributed by atoms with Crippen LogP contribution in [0.25, 0.3) is 0 Å². The fourth-order valence-electron chi connectivity index (χ4n) is 1.92. The van der Waals surface area contributed by atoms with Crippen LogP contribution >= 0.6 is 27.7 Å². The summed E-state index contributed by atoms with van der Waals surface area (Å²) in [6, 6.07) is 10.5. The molecular formula is C15H17BrN2S. The van der Waals surface area contributed by atoms with Crippen LogP contribution in [-0.4, -0.2) is 4.98 Å². The Labute approximate surface area is 126 Å². The number of aryl methyl sites for hydroxylation is 2. The minimum atomic E-state index is 0.0350. The molecule has 0 bridgehead atoms. The summed E-state index contributed by atoms with van der Waals surface area (Å²) in [4.78, 5) is 5.70. The van der Waals surface area contributed by atoms with Gasteiger partial charge in [0, 0.05) is 21.1 Å². The topological polar surface area (TPSA) is 38.9 Å². The molecule has 1 aromatic carbocycles. The maximum absolute atomic E-state index is 5.91. The summed E-state index contributed by atoms with van der Waals surface area (Å²) in [6.07, 6.45) is 0. The molecule has 0 aliphatic heterocycles. The number of pyridine rings is 1. The van der Waals surface area contributed by atoms with Crippen molar-refractivity contribution >= 4 is 27.7 Å². The Morgan fingerprint density at radius 1 is 1.21 bits per heavy atom. The van der Waals surface area contributed by atoms with Crippen LogP contribution in [0.5, 0.6) is 0 Å². The maximum atomic E-state index is 5.91. The fourth-order valence-corrected chi connectivity index (χ4v) is 3.80. The Morgan fingerprint density at radius 3 is 2.53 bits per heavy atom. The van der Waals surface area contributed by atoms with Gasteiger partial charge in [0.25, 0.3) is 0 Å². The highest BCUT2D eigenvalue weighted by molar-refractivity contribution is 9.10. The van der Waals surface area contributed by atoms with Crippen molar-refractivity contribution < 1.29 is 0 Å².